The second-order valence-electron chi connectivity index (χ2n) is 6.87. The molecule has 0 aromatic heterocycles. The van der Waals surface area contributed by atoms with E-state index in [4.69, 9.17) is 15.2 Å². The van der Waals surface area contributed by atoms with Crippen molar-refractivity contribution >= 4 is 5.91 Å². The fourth-order valence-electron chi connectivity index (χ4n) is 2.50. The molecule has 5 nitrogen and oxygen atoms in total. The SMILES string of the molecule is CCC(C)C(N)C(=O)NCC(C)(C)c1ccc2c(c1)OCCO2. The normalized spacial score (nSPS) is 16.6. The molecule has 128 valence electrons. The Hall–Kier alpha value is -1.75. The van der Waals surface area contributed by atoms with Crippen molar-refractivity contribution in [3.8, 4) is 11.5 Å². The Morgan fingerprint density at radius 2 is 1.96 bits per heavy atom. The van der Waals surface area contributed by atoms with Gasteiger partial charge in [-0.1, -0.05) is 40.2 Å². The average molecular weight is 320 g/mol. The number of hydrogen-bond acceptors (Lipinski definition) is 4. The molecule has 5 heteroatoms. The molecule has 0 aliphatic carbocycles. The minimum absolute atomic E-state index is 0.0926. The highest BCUT2D eigenvalue weighted by Crippen LogP contribution is 2.34. The zero-order valence-electron chi connectivity index (χ0n) is 14.5. The molecule has 0 radical (unpaired) electrons. The van der Waals surface area contributed by atoms with E-state index in [2.05, 4.69) is 19.2 Å². The molecule has 3 N–H and O–H groups in total. The fourth-order valence-corrected chi connectivity index (χ4v) is 2.50. The lowest BCUT2D eigenvalue weighted by atomic mass is 9.84. The number of rotatable bonds is 6. The van der Waals surface area contributed by atoms with Crippen LogP contribution >= 0.6 is 0 Å². The summed E-state index contributed by atoms with van der Waals surface area (Å²) in [5, 5.41) is 2.98. The first-order chi connectivity index (χ1) is 10.8. The highest BCUT2D eigenvalue weighted by atomic mass is 16.6. The topological polar surface area (TPSA) is 73.6 Å². The van der Waals surface area contributed by atoms with E-state index < -0.39 is 6.04 Å². The molecule has 0 spiro atoms. The van der Waals surface area contributed by atoms with Crippen LogP contribution in [-0.2, 0) is 10.2 Å². The Balaban J connectivity index is 2.02. The van der Waals surface area contributed by atoms with Gasteiger partial charge in [-0.2, -0.15) is 0 Å². The summed E-state index contributed by atoms with van der Waals surface area (Å²) in [6, 6.07) is 5.48. The second-order valence-corrected chi connectivity index (χ2v) is 6.87. The average Bonchev–Trinajstić information content (AvgIpc) is 2.57. The third kappa shape index (κ3) is 4.16. The Kier molecular flexibility index (Phi) is 5.52. The van der Waals surface area contributed by atoms with E-state index in [1.54, 1.807) is 0 Å². The Morgan fingerprint density at radius 3 is 2.61 bits per heavy atom. The lowest BCUT2D eigenvalue weighted by Crippen LogP contribution is -2.47. The zero-order chi connectivity index (χ0) is 17.0. The van der Waals surface area contributed by atoms with Crippen molar-refractivity contribution in [3.05, 3.63) is 23.8 Å². The van der Waals surface area contributed by atoms with Gasteiger partial charge in [0.25, 0.3) is 0 Å². The molecule has 0 bridgehead atoms. The lowest BCUT2D eigenvalue weighted by Gasteiger charge is -2.29. The number of nitrogens with two attached hydrogens (primary N) is 1. The third-order valence-electron chi connectivity index (χ3n) is 4.59. The van der Waals surface area contributed by atoms with Crippen LogP contribution in [0.4, 0.5) is 0 Å². The van der Waals surface area contributed by atoms with Crippen molar-refractivity contribution in [2.45, 2.75) is 45.6 Å². The van der Waals surface area contributed by atoms with E-state index in [0.717, 1.165) is 23.5 Å². The largest absolute Gasteiger partial charge is 0.486 e. The molecule has 2 rings (SSSR count). The van der Waals surface area contributed by atoms with Gasteiger partial charge < -0.3 is 20.5 Å². The monoisotopic (exact) mass is 320 g/mol. The molecule has 0 saturated heterocycles. The number of benzene rings is 1. The first-order valence-corrected chi connectivity index (χ1v) is 8.28. The van der Waals surface area contributed by atoms with Gasteiger partial charge >= 0.3 is 0 Å². The summed E-state index contributed by atoms with van der Waals surface area (Å²) in [6.07, 6.45) is 0.889. The van der Waals surface area contributed by atoms with Gasteiger partial charge in [-0.05, 0) is 23.6 Å². The van der Waals surface area contributed by atoms with Crippen molar-refractivity contribution < 1.29 is 14.3 Å². The van der Waals surface area contributed by atoms with Gasteiger partial charge in [0.2, 0.25) is 5.91 Å². The molecule has 1 heterocycles. The number of carbonyl (C=O) groups is 1. The summed E-state index contributed by atoms with van der Waals surface area (Å²) in [5.41, 5.74) is 6.86. The molecular formula is C18H28N2O3. The molecule has 2 atom stereocenters. The lowest BCUT2D eigenvalue weighted by molar-refractivity contribution is -0.123. The molecule has 1 aliphatic heterocycles. The van der Waals surface area contributed by atoms with Crippen molar-refractivity contribution in [2.24, 2.45) is 11.7 Å². The molecule has 1 aliphatic rings. The first kappa shape index (κ1) is 17.6. The Morgan fingerprint density at radius 1 is 1.30 bits per heavy atom. The van der Waals surface area contributed by atoms with Gasteiger partial charge in [-0.25, -0.2) is 0 Å². The smallest absolute Gasteiger partial charge is 0.237 e. The van der Waals surface area contributed by atoms with E-state index in [1.165, 1.54) is 0 Å². The van der Waals surface area contributed by atoms with Crippen LogP contribution in [0.5, 0.6) is 11.5 Å². The van der Waals surface area contributed by atoms with E-state index >= 15 is 0 Å². The summed E-state index contributed by atoms with van der Waals surface area (Å²) < 4.78 is 11.2. The van der Waals surface area contributed by atoms with Gasteiger partial charge in [0.15, 0.2) is 11.5 Å². The summed E-state index contributed by atoms with van der Waals surface area (Å²) >= 11 is 0. The van der Waals surface area contributed by atoms with Crippen molar-refractivity contribution in [1.29, 1.82) is 0 Å². The van der Waals surface area contributed by atoms with Crippen LogP contribution in [0.25, 0.3) is 0 Å². The summed E-state index contributed by atoms with van der Waals surface area (Å²) in [4.78, 5) is 12.2. The minimum Gasteiger partial charge on any atom is -0.486 e. The molecule has 2 unspecified atom stereocenters. The van der Waals surface area contributed by atoms with E-state index in [-0.39, 0.29) is 17.2 Å². The quantitative estimate of drug-likeness (QED) is 0.843. The second kappa shape index (κ2) is 7.21. The van der Waals surface area contributed by atoms with Crippen LogP contribution in [0.15, 0.2) is 18.2 Å². The molecule has 1 amide bonds. The number of ether oxygens (including phenoxy) is 2. The van der Waals surface area contributed by atoms with Crippen LogP contribution in [0, 0.1) is 5.92 Å². The maximum atomic E-state index is 12.2. The minimum atomic E-state index is -0.462. The van der Waals surface area contributed by atoms with E-state index in [1.807, 2.05) is 32.0 Å². The maximum absolute atomic E-state index is 12.2. The molecule has 23 heavy (non-hydrogen) atoms. The first-order valence-electron chi connectivity index (χ1n) is 8.28. The molecule has 1 aromatic carbocycles. The van der Waals surface area contributed by atoms with Gasteiger partial charge in [0.05, 0.1) is 6.04 Å². The van der Waals surface area contributed by atoms with Crippen molar-refractivity contribution in [3.63, 3.8) is 0 Å². The van der Waals surface area contributed by atoms with E-state index in [9.17, 15) is 4.79 Å². The van der Waals surface area contributed by atoms with E-state index in [0.29, 0.717) is 19.8 Å². The standard InChI is InChI=1S/C18H28N2O3/c1-5-12(2)16(19)17(21)20-11-18(3,4)13-6-7-14-15(10-13)23-9-8-22-14/h6-7,10,12,16H,5,8-9,11,19H2,1-4H3,(H,20,21). The molecule has 0 saturated carbocycles. The Bertz CT molecular complexity index is 557. The maximum Gasteiger partial charge on any atom is 0.237 e. The van der Waals surface area contributed by atoms with Gasteiger partial charge in [-0.15, -0.1) is 0 Å². The number of carbonyl (C=O) groups excluding carboxylic acids is 1. The highest BCUT2D eigenvalue weighted by molar-refractivity contribution is 5.81. The molecule has 1 aromatic rings. The van der Waals surface area contributed by atoms with Gasteiger partial charge in [0.1, 0.15) is 13.2 Å². The number of fused-ring (bicyclic) bond motifs is 1. The summed E-state index contributed by atoms with van der Waals surface area (Å²) in [5.74, 6) is 1.63. The van der Waals surface area contributed by atoms with Crippen molar-refractivity contribution in [2.75, 3.05) is 19.8 Å². The zero-order valence-corrected chi connectivity index (χ0v) is 14.5. The van der Waals surface area contributed by atoms with Gasteiger partial charge in [0, 0.05) is 12.0 Å². The number of hydrogen-bond donors (Lipinski definition) is 2. The summed E-state index contributed by atoms with van der Waals surface area (Å²) in [6.45, 7) is 9.89. The predicted molar refractivity (Wildman–Crippen MR) is 90.9 cm³/mol. The van der Waals surface area contributed by atoms with Crippen LogP contribution in [0.3, 0.4) is 0 Å². The van der Waals surface area contributed by atoms with Crippen molar-refractivity contribution in [1.82, 2.24) is 5.32 Å². The number of amides is 1. The number of nitrogens with one attached hydrogen (secondary N) is 1. The van der Waals surface area contributed by atoms with Crippen LogP contribution in [-0.4, -0.2) is 31.7 Å². The predicted octanol–water partition coefficient (Wildman–Crippen LogP) is 2.23. The third-order valence-corrected chi connectivity index (χ3v) is 4.59. The summed E-state index contributed by atoms with van der Waals surface area (Å²) in [7, 11) is 0. The Labute approximate surface area is 138 Å². The highest BCUT2D eigenvalue weighted by Gasteiger charge is 2.26. The molecule has 0 fully saturated rings. The van der Waals surface area contributed by atoms with Crippen LogP contribution in [0.1, 0.15) is 39.7 Å². The molecular weight excluding hydrogens is 292 g/mol. The van der Waals surface area contributed by atoms with Gasteiger partial charge in [-0.3, -0.25) is 4.79 Å². The van der Waals surface area contributed by atoms with Crippen LogP contribution < -0.4 is 20.5 Å². The fraction of sp³-hybridized carbons (Fsp3) is 0.611. The van der Waals surface area contributed by atoms with Crippen LogP contribution in [0.2, 0.25) is 0 Å².